The number of tetrazole rings is 1. The maximum atomic E-state index is 13.4. The molecule has 4 aromatic rings. The van der Waals surface area contributed by atoms with Gasteiger partial charge in [0.05, 0.1) is 5.54 Å². The van der Waals surface area contributed by atoms with E-state index in [1.54, 1.807) is 0 Å². The fraction of sp³-hybridized carbons (Fsp3) is 0.360. The molecule has 1 atom stereocenters. The van der Waals surface area contributed by atoms with Crippen molar-refractivity contribution < 1.29 is 0 Å². The van der Waals surface area contributed by atoms with E-state index in [0.717, 1.165) is 35.1 Å². The number of nitrogens with one attached hydrogen (secondary N) is 1. The summed E-state index contributed by atoms with van der Waals surface area (Å²) < 4.78 is 1.84. The number of hydrogen-bond donors (Lipinski definition) is 1. The second-order valence-corrected chi connectivity index (χ2v) is 9.67. The summed E-state index contributed by atoms with van der Waals surface area (Å²) in [5, 5.41) is 13.7. The van der Waals surface area contributed by atoms with Crippen molar-refractivity contribution >= 4 is 16.6 Å². The molecule has 1 N–H and O–H groups in total. The van der Waals surface area contributed by atoms with Crippen LogP contribution in [0.5, 0.6) is 0 Å². The predicted octanol–water partition coefficient (Wildman–Crippen LogP) is 4.04. The number of fused-ring (bicyclic) bond motifs is 2. The van der Waals surface area contributed by atoms with Crippen LogP contribution >= 0.6 is 0 Å². The van der Waals surface area contributed by atoms with Gasteiger partial charge in [0.15, 0.2) is 5.82 Å². The van der Waals surface area contributed by atoms with Gasteiger partial charge in [-0.2, -0.15) is 0 Å². The van der Waals surface area contributed by atoms with E-state index >= 15 is 0 Å². The lowest BCUT2D eigenvalue weighted by molar-refractivity contribution is 0.329. The Hall–Kier alpha value is -3.48. The van der Waals surface area contributed by atoms with Crippen LogP contribution in [0.1, 0.15) is 54.9 Å². The SMILES string of the molecule is Cc1cc2cc([C@H](c3nnnn3C(C)(C)C)N3CCc4ccccc43)c(=O)[nH]c2cc1C. The van der Waals surface area contributed by atoms with Gasteiger partial charge in [-0.1, -0.05) is 18.2 Å². The number of hydrogen-bond acceptors (Lipinski definition) is 5. The third kappa shape index (κ3) is 3.28. The molecule has 0 saturated heterocycles. The number of anilines is 1. The first-order valence-electron chi connectivity index (χ1n) is 11.0. The molecule has 1 aliphatic heterocycles. The van der Waals surface area contributed by atoms with Gasteiger partial charge >= 0.3 is 0 Å². The number of benzene rings is 2. The molecule has 3 heterocycles. The quantitative estimate of drug-likeness (QED) is 0.533. The van der Waals surface area contributed by atoms with Gasteiger partial charge in [-0.15, -0.1) is 5.10 Å². The number of pyridine rings is 1. The van der Waals surface area contributed by atoms with E-state index in [4.69, 9.17) is 0 Å². The van der Waals surface area contributed by atoms with Crippen LogP contribution in [-0.4, -0.2) is 31.7 Å². The van der Waals surface area contributed by atoms with E-state index < -0.39 is 6.04 Å². The van der Waals surface area contributed by atoms with E-state index in [0.29, 0.717) is 11.4 Å². The summed E-state index contributed by atoms with van der Waals surface area (Å²) in [5.41, 5.74) is 5.81. The topological polar surface area (TPSA) is 79.7 Å². The molecular weight excluding hydrogens is 400 g/mol. The minimum Gasteiger partial charge on any atom is -0.357 e. The first-order chi connectivity index (χ1) is 15.2. The zero-order valence-electron chi connectivity index (χ0n) is 19.2. The molecule has 0 fully saturated rings. The average molecular weight is 429 g/mol. The highest BCUT2D eigenvalue weighted by Gasteiger charge is 2.36. The summed E-state index contributed by atoms with van der Waals surface area (Å²) in [6, 6.07) is 14.1. The van der Waals surface area contributed by atoms with Gasteiger partial charge in [-0.3, -0.25) is 4.79 Å². The van der Waals surface area contributed by atoms with Crippen LogP contribution in [0.15, 0.2) is 47.3 Å². The minimum atomic E-state index is -0.400. The molecule has 0 saturated carbocycles. The summed E-state index contributed by atoms with van der Waals surface area (Å²) in [6.07, 6.45) is 0.924. The Labute approximate surface area is 187 Å². The Morgan fingerprint density at radius 1 is 1.06 bits per heavy atom. The second-order valence-electron chi connectivity index (χ2n) is 9.67. The summed E-state index contributed by atoms with van der Waals surface area (Å²) in [7, 11) is 0. The largest absolute Gasteiger partial charge is 0.357 e. The molecule has 0 radical (unpaired) electrons. The zero-order valence-corrected chi connectivity index (χ0v) is 19.2. The molecule has 164 valence electrons. The number of aromatic amines is 1. The first kappa shape index (κ1) is 20.4. The molecule has 2 aromatic heterocycles. The van der Waals surface area contributed by atoms with Crippen LogP contribution < -0.4 is 10.5 Å². The van der Waals surface area contributed by atoms with Gasteiger partial charge in [-0.05, 0) is 97.8 Å². The molecule has 0 spiro atoms. The Bertz CT molecular complexity index is 1380. The Morgan fingerprint density at radius 3 is 2.59 bits per heavy atom. The van der Waals surface area contributed by atoms with Gasteiger partial charge < -0.3 is 9.88 Å². The van der Waals surface area contributed by atoms with E-state index in [9.17, 15) is 4.79 Å². The van der Waals surface area contributed by atoms with E-state index in [2.05, 4.69) is 84.3 Å². The maximum absolute atomic E-state index is 13.4. The molecule has 1 aliphatic rings. The van der Waals surface area contributed by atoms with E-state index in [1.165, 1.54) is 11.1 Å². The van der Waals surface area contributed by atoms with Gasteiger partial charge in [0.25, 0.3) is 5.56 Å². The fourth-order valence-electron chi connectivity index (χ4n) is 4.62. The van der Waals surface area contributed by atoms with Crippen LogP contribution in [-0.2, 0) is 12.0 Å². The van der Waals surface area contributed by atoms with Crippen molar-refractivity contribution in [3.63, 3.8) is 0 Å². The third-order valence-electron chi connectivity index (χ3n) is 6.39. The monoisotopic (exact) mass is 428 g/mol. The lowest BCUT2D eigenvalue weighted by Crippen LogP contribution is -2.37. The number of rotatable bonds is 3. The van der Waals surface area contributed by atoms with E-state index in [-0.39, 0.29) is 11.1 Å². The third-order valence-corrected chi connectivity index (χ3v) is 6.39. The van der Waals surface area contributed by atoms with Gasteiger partial charge in [0.2, 0.25) is 0 Å². The smallest absolute Gasteiger partial charge is 0.254 e. The Kier molecular flexibility index (Phi) is 4.65. The molecule has 32 heavy (non-hydrogen) atoms. The molecule has 5 rings (SSSR count). The van der Waals surface area contributed by atoms with Crippen LogP contribution in [0, 0.1) is 13.8 Å². The molecule has 7 nitrogen and oxygen atoms in total. The first-order valence-corrected chi connectivity index (χ1v) is 11.0. The highest BCUT2D eigenvalue weighted by molar-refractivity contribution is 5.81. The lowest BCUT2D eigenvalue weighted by Gasteiger charge is -2.31. The molecular formula is C25H28N6O. The molecule has 0 amide bonds. The van der Waals surface area contributed by atoms with Crippen molar-refractivity contribution in [3.05, 3.63) is 80.9 Å². The summed E-state index contributed by atoms with van der Waals surface area (Å²) in [6.45, 7) is 11.2. The van der Waals surface area contributed by atoms with Crippen LogP contribution in [0.25, 0.3) is 10.9 Å². The second kappa shape index (κ2) is 7.29. The molecule has 7 heteroatoms. The molecule has 0 bridgehead atoms. The van der Waals surface area contributed by atoms with E-state index in [1.807, 2.05) is 22.9 Å². The minimum absolute atomic E-state index is 0.112. The number of H-pyrrole nitrogens is 1. The normalized spacial score (nSPS) is 14.7. The Balaban J connectivity index is 1.77. The predicted molar refractivity (Wildman–Crippen MR) is 126 cm³/mol. The van der Waals surface area contributed by atoms with Crippen LogP contribution in [0.2, 0.25) is 0 Å². The van der Waals surface area contributed by atoms with Crippen molar-refractivity contribution in [2.24, 2.45) is 0 Å². The van der Waals surface area contributed by atoms with Crippen molar-refractivity contribution in [2.75, 3.05) is 11.4 Å². The summed E-state index contributed by atoms with van der Waals surface area (Å²) in [5.74, 6) is 0.669. The van der Waals surface area contributed by atoms with Crippen LogP contribution in [0.3, 0.4) is 0 Å². The van der Waals surface area contributed by atoms with Crippen molar-refractivity contribution in [1.29, 1.82) is 0 Å². The highest BCUT2D eigenvalue weighted by atomic mass is 16.1. The molecule has 2 aromatic carbocycles. The zero-order chi connectivity index (χ0) is 22.6. The Morgan fingerprint density at radius 2 is 1.81 bits per heavy atom. The van der Waals surface area contributed by atoms with Gasteiger partial charge in [0, 0.05) is 23.3 Å². The van der Waals surface area contributed by atoms with Gasteiger partial charge in [-0.25, -0.2) is 4.68 Å². The van der Waals surface area contributed by atoms with Crippen molar-refractivity contribution in [1.82, 2.24) is 25.2 Å². The lowest BCUT2D eigenvalue weighted by atomic mass is 10.00. The number of aryl methyl sites for hydroxylation is 2. The molecule has 0 unspecified atom stereocenters. The highest BCUT2D eigenvalue weighted by Crippen LogP contribution is 2.38. The molecule has 0 aliphatic carbocycles. The summed E-state index contributed by atoms with van der Waals surface area (Å²) >= 11 is 0. The number of aromatic nitrogens is 5. The fourth-order valence-corrected chi connectivity index (χ4v) is 4.62. The van der Waals surface area contributed by atoms with Crippen molar-refractivity contribution in [3.8, 4) is 0 Å². The van der Waals surface area contributed by atoms with Gasteiger partial charge in [0.1, 0.15) is 6.04 Å². The maximum Gasteiger partial charge on any atom is 0.254 e. The van der Waals surface area contributed by atoms with Crippen molar-refractivity contribution in [2.45, 2.75) is 52.6 Å². The van der Waals surface area contributed by atoms with Crippen LogP contribution in [0.4, 0.5) is 5.69 Å². The standard InChI is InChI=1S/C25H28N6O/c1-15-12-18-14-19(24(32)26-20(18)13-16(15)2)22(23-27-28-29-31(23)25(3,4)5)30-11-10-17-8-6-7-9-21(17)30/h6-9,12-14,22H,10-11H2,1-5H3,(H,26,32)/t22-/m1/s1. The number of para-hydroxylation sites is 1. The summed E-state index contributed by atoms with van der Waals surface area (Å²) in [4.78, 5) is 18.8. The average Bonchev–Trinajstić information content (AvgIpc) is 3.38. The number of nitrogens with zero attached hydrogens (tertiary/aromatic N) is 5.